The van der Waals surface area contributed by atoms with Gasteiger partial charge in [-0.1, -0.05) is 13.8 Å². The zero-order valence-corrected chi connectivity index (χ0v) is 17.9. The zero-order chi connectivity index (χ0) is 16.6. The lowest BCUT2D eigenvalue weighted by molar-refractivity contribution is 0.156. The van der Waals surface area contributed by atoms with Crippen LogP contribution in [0.3, 0.4) is 0 Å². The normalized spacial score (nSPS) is 22.6. The van der Waals surface area contributed by atoms with E-state index in [0.29, 0.717) is 25.0 Å². The summed E-state index contributed by atoms with van der Waals surface area (Å²) in [7, 11) is -2.95. The molecule has 2 unspecified atom stereocenters. The minimum absolute atomic E-state index is 0. The molecule has 0 aliphatic carbocycles. The number of hydrogen-bond donors (Lipinski definition) is 1. The van der Waals surface area contributed by atoms with Crippen LogP contribution in [-0.4, -0.2) is 70.7 Å². The van der Waals surface area contributed by atoms with E-state index in [2.05, 4.69) is 36.0 Å². The summed E-state index contributed by atoms with van der Waals surface area (Å²) >= 11 is 0. The minimum atomic E-state index is -2.95. The fourth-order valence-electron chi connectivity index (χ4n) is 2.79. The van der Waals surface area contributed by atoms with Crippen molar-refractivity contribution in [1.82, 2.24) is 10.2 Å². The molecule has 1 N–H and O–H groups in total. The summed E-state index contributed by atoms with van der Waals surface area (Å²) in [6.07, 6.45) is 2.49. The second kappa shape index (κ2) is 11.5. The van der Waals surface area contributed by atoms with E-state index in [1.165, 1.54) is 12.7 Å². The summed E-state index contributed by atoms with van der Waals surface area (Å²) in [5.74, 6) is 2.36. The van der Waals surface area contributed by atoms with E-state index in [9.17, 15) is 8.42 Å². The number of sulfone groups is 1. The molecule has 0 aromatic carbocycles. The van der Waals surface area contributed by atoms with Gasteiger partial charge in [0.2, 0.25) is 0 Å². The maximum absolute atomic E-state index is 11.0. The van der Waals surface area contributed by atoms with Crippen LogP contribution in [0.15, 0.2) is 4.99 Å². The minimum Gasteiger partial charge on any atom is -0.378 e. The molecule has 2 atom stereocenters. The van der Waals surface area contributed by atoms with E-state index in [0.717, 1.165) is 25.6 Å². The Morgan fingerprint density at radius 2 is 1.87 bits per heavy atom. The summed E-state index contributed by atoms with van der Waals surface area (Å²) in [4.78, 5) is 6.92. The summed E-state index contributed by atoms with van der Waals surface area (Å²) in [6.45, 7) is 10.8. The Hall–Kier alpha value is -0.0900. The maximum atomic E-state index is 11.0. The first kappa shape index (κ1) is 22.9. The second-order valence-corrected chi connectivity index (χ2v) is 8.59. The van der Waals surface area contributed by atoms with Crippen LogP contribution in [-0.2, 0) is 14.6 Å². The SMILES string of the molecule is CCNC(=NCCOCCS(C)(=O)=O)N1CC(C)CC(C)C1.I. The topological polar surface area (TPSA) is 71.0 Å². The Morgan fingerprint density at radius 3 is 2.39 bits per heavy atom. The number of aliphatic imine (C=N–C) groups is 1. The number of halogens is 1. The Balaban J connectivity index is 0.00000484. The number of guanidine groups is 1. The smallest absolute Gasteiger partial charge is 0.194 e. The Kier molecular flexibility index (Phi) is 11.4. The van der Waals surface area contributed by atoms with Gasteiger partial charge in [0.1, 0.15) is 9.84 Å². The molecule has 1 fully saturated rings. The monoisotopic (exact) mass is 461 g/mol. The highest BCUT2D eigenvalue weighted by Gasteiger charge is 2.23. The third-order valence-corrected chi connectivity index (χ3v) is 4.51. The van der Waals surface area contributed by atoms with E-state index >= 15 is 0 Å². The van der Waals surface area contributed by atoms with Crippen LogP contribution in [0.4, 0.5) is 0 Å². The van der Waals surface area contributed by atoms with Crippen molar-refractivity contribution in [2.75, 3.05) is 51.4 Å². The Morgan fingerprint density at radius 1 is 1.26 bits per heavy atom. The average molecular weight is 461 g/mol. The molecule has 23 heavy (non-hydrogen) atoms. The van der Waals surface area contributed by atoms with Gasteiger partial charge in [-0.15, -0.1) is 24.0 Å². The molecular formula is C15H32IN3O3S. The zero-order valence-electron chi connectivity index (χ0n) is 14.7. The molecule has 8 heteroatoms. The Labute approximate surface area is 158 Å². The van der Waals surface area contributed by atoms with Gasteiger partial charge in [0.05, 0.1) is 25.5 Å². The van der Waals surface area contributed by atoms with Gasteiger partial charge < -0.3 is 15.0 Å². The van der Waals surface area contributed by atoms with Crippen LogP contribution in [0.1, 0.15) is 27.2 Å². The van der Waals surface area contributed by atoms with Gasteiger partial charge in [-0.3, -0.25) is 4.99 Å². The highest BCUT2D eigenvalue weighted by molar-refractivity contribution is 14.0. The highest BCUT2D eigenvalue weighted by Crippen LogP contribution is 2.20. The molecule has 0 amide bonds. The van der Waals surface area contributed by atoms with E-state index in [1.54, 1.807) is 0 Å². The van der Waals surface area contributed by atoms with Gasteiger partial charge in [-0.25, -0.2) is 8.42 Å². The first-order valence-electron chi connectivity index (χ1n) is 8.10. The summed E-state index contributed by atoms with van der Waals surface area (Å²) in [5, 5.41) is 3.33. The standard InChI is InChI=1S/C15H31N3O3S.HI/c1-5-16-15(18-11-13(2)10-14(3)12-18)17-6-7-21-8-9-22(4,19)20;/h13-14H,5-12H2,1-4H3,(H,16,17);1H. The first-order valence-corrected chi connectivity index (χ1v) is 10.2. The molecule has 1 saturated heterocycles. The van der Waals surface area contributed by atoms with Gasteiger partial charge in [-0.05, 0) is 25.2 Å². The number of nitrogens with one attached hydrogen (secondary N) is 1. The number of rotatable bonds is 7. The predicted molar refractivity (Wildman–Crippen MR) is 106 cm³/mol. The van der Waals surface area contributed by atoms with Gasteiger partial charge >= 0.3 is 0 Å². The van der Waals surface area contributed by atoms with E-state index in [1.807, 2.05) is 0 Å². The second-order valence-electron chi connectivity index (χ2n) is 6.33. The van der Waals surface area contributed by atoms with Gasteiger partial charge in [0.15, 0.2) is 5.96 Å². The Bertz CT molecular complexity index is 447. The molecule has 0 aromatic rings. The number of likely N-dealkylation sites (tertiary alicyclic amines) is 1. The van der Waals surface area contributed by atoms with Gasteiger partial charge in [0, 0.05) is 25.9 Å². The van der Waals surface area contributed by atoms with Crippen LogP contribution >= 0.6 is 24.0 Å². The van der Waals surface area contributed by atoms with Crippen LogP contribution in [0.2, 0.25) is 0 Å². The average Bonchev–Trinajstić information content (AvgIpc) is 2.39. The lowest BCUT2D eigenvalue weighted by Crippen LogP contribution is -2.48. The van der Waals surface area contributed by atoms with E-state index < -0.39 is 9.84 Å². The summed E-state index contributed by atoms with van der Waals surface area (Å²) < 4.78 is 27.3. The molecule has 6 nitrogen and oxygen atoms in total. The molecule has 0 bridgehead atoms. The third kappa shape index (κ3) is 10.4. The van der Waals surface area contributed by atoms with Crippen molar-refractivity contribution < 1.29 is 13.2 Å². The van der Waals surface area contributed by atoms with Gasteiger partial charge in [0.25, 0.3) is 0 Å². The van der Waals surface area contributed by atoms with E-state index in [-0.39, 0.29) is 36.3 Å². The van der Waals surface area contributed by atoms with Crippen molar-refractivity contribution in [2.45, 2.75) is 27.2 Å². The van der Waals surface area contributed by atoms with Crippen molar-refractivity contribution in [3.8, 4) is 0 Å². The lowest BCUT2D eigenvalue weighted by Gasteiger charge is -2.37. The van der Waals surface area contributed by atoms with Crippen molar-refractivity contribution in [3.63, 3.8) is 0 Å². The van der Waals surface area contributed by atoms with Crippen LogP contribution in [0.25, 0.3) is 0 Å². The number of piperidine rings is 1. The molecule has 1 rings (SSSR count). The molecule has 0 saturated carbocycles. The molecule has 1 aliphatic heterocycles. The predicted octanol–water partition coefficient (Wildman–Crippen LogP) is 1.61. The lowest BCUT2D eigenvalue weighted by atomic mass is 9.92. The van der Waals surface area contributed by atoms with Crippen molar-refractivity contribution in [2.24, 2.45) is 16.8 Å². The van der Waals surface area contributed by atoms with Crippen LogP contribution in [0.5, 0.6) is 0 Å². The molecular weight excluding hydrogens is 429 g/mol. The fourth-order valence-corrected chi connectivity index (χ4v) is 3.21. The third-order valence-electron chi connectivity index (χ3n) is 3.60. The van der Waals surface area contributed by atoms with E-state index in [4.69, 9.17) is 4.74 Å². The molecule has 0 aromatic heterocycles. The number of hydrogen-bond acceptors (Lipinski definition) is 4. The van der Waals surface area contributed by atoms with Gasteiger partial charge in [-0.2, -0.15) is 0 Å². The molecule has 138 valence electrons. The quantitative estimate of drug-likeness (QED) is 0.270. The van der Waals surface area contributed by atoms with Crippen molar-refractivity contribution in [3.05, 3.63) is 0 Å². The first-order chi connectivity index (χ1) is 10.3. The fraction of sp³-hybridized carbons (Fsp3) is 0.933. The van der Waals surface area contributed by atoms with Crippen LogP contribution < -0.4 is 5.32 Å². The number of ether oxygens (including phenoxy) is 1. The molecule has 1 aliphatic rings. The summed E-state index contributed by atoms with van der Waals surface area (Å²) in [6, 6.07) is 0. The van der Waals surface area contributed by atoms with Crippen LogP contribution in [0, 0.1) is 11.8 Å². The largest absolute Gasteiger partial charge is 0.378 e. The molecule has 1 heterocycles. The van der Waals surface area contributed by atoms with Crippen molar-refractivity contribution >= 4 is 39.8 Å². The maximum Gasteiger partial charge on any atom is 0.194 e. The summed E-state index contributed by atoms with van der Waals surface area (Å²) in [5.41, 5.74) is 0. The molecule has 0 spiro atoms. The highest BCUT2D eigenvalue weighted by atomic mass is 127. The number of nitrogens with zero attached hydrogens (tertiary/aromatic N) is 2. The van der Waals surface area contributed by atoms with Crippen molar-refractivity contribution in [1.29, 1.82) is 0 Å². The molecule has 0 radical (unpaired) electrons.